The van der Waals surface area contributed by atoms with E-state index in [-0.39, 0.29) is 17.2 Å². The largest absolute Gasteiger partial charge is 0.392 e. The predicted octanol–water partition coefficient (Wildman–Crippen LogP) is 2.40. The molecule has 0 aromatic heterocycles. The van der Waals surface area contributed by atoms with Crippen LogP contribution in [0, 0.1) is 22.0 Å². The van der Waals surface area contributed by atoms with E-state index >= 15 is 0 Å². The molecule has 2 saturated carbocycles. The first kappa shape index (κ1) is 15.8. The second-order valence-corrected chi connectivity index (χ2v) is 7.50. The molecule has 0 amide bonds. The van der Waals surface area contributed by atoms with Gasteiger partial charge in [-0.15, -0.1) is 0 Å². The molecule has 1 aromatic carbocycles. The van der Waals surface area contributed by atoms with Crippen LogP contribution in [0.3, 0.4) is 0 Å². The normalized spacial score (nSPS) is 30.0. The van der Waals surface area contributed by atoms with Crippen molar-refractivity contribution in [1.82, 2.24) is 4.90 Å². The van der Waals surface area contributed by atoms with Gasteiger partial charge in [0.15, 0.2) is 0 Å². The summed E-state index contributed by atoms with van der Waals surface area (Å²) in [6, 6.07) is 5.66. The van der Waals surface area contributed by atoms with Crippen molar-refractivity contribution in [2.45, 2.75) is 38.3 Å². The summed E-state index contributed by atoms with van der Waals surface area (Å²) in [5, 5.41) is 20.7. The van der Waals surface area contributed by atoms with Gasteiger partial charge in [0.1, 0.15) is 5.69 Å². The molecule has 1 aliphatic heterocycles. The van der Waals surface area contributed by atoms with Crippen LogP contribution < -0.4 is 4.90 Å². The molecule has 0 radical (unpaired) electrons. The molecular formula is C18H25N3O3. The highest BCUT2D eigenvalue weighted by Crippen LogP contribution is 2.46. The van der Waals surface area contributed by atoms with Gasteiger partial charge in [-0.3, -0.25) is 15.0 Å². The maximum Gasteiger partial charge on any atom is 0.292 e. The number of anilines is 1. The average molecular weight is 331 g/mol. The van der Waals surface area contributed by atoms with Crippen LogP contribution in [0.25, 0.3) is 0 Å². The number of nitrogens with zero attached hydrogens (tertiary/aromatic N) is 3. The highest BCUT2D eigenvalue weighted by Gasteiger charge is 2.42. The van der Waals surface area contributed by atoms with Gasteiger partial charge in [0.2, 0.25) is 0 Å². The Bertz CT molecular complexity index is 628. The van der Waals surface area contributed by atoms with Crippen molar-refractivity contribution in [2.24, 2.45) is 11.8 Å². The highest BCUT2D eigenvalue weighted by molar-refractivity contribution is 5.64. The zero-order chi connectivity index (χ0) is 16.7. The van der Waals surface area contributed by atoms with Gasteiger partial charge in [-0.2, -0.15) is 0 Å². The van der Waals surface area contributed by atoms with Gasteiger partial charge >= 0.3 is 0 Å². The molecule has 1 saturated heterocycles. The number of hydrogen-bond donors (Lipinski definition) is 1. The lowest BCUT2D eigenvalue weighted by atomic mass is 9.93. The Morgan fingerprint density at radius 2 is 1.96 bits per heavy atom. The van der Waals surface area contributed by atoms with Crippen molar-refractivity contribution >= 4 is 11.4 Å². The van der Waals surface area contributed by atoms with Gasteiger partial charge in [-0.1, -0.05) is 6.42 Å². The van der Waals surface area contributed by atoms with E-state index in [1.165, 1.54) is 31.7 Å². The lowest BCUT2D eigenvalue weighted by molar-refractivity contribution is -0.384. The van der Waals surface area contributed by atoms with E-state index in [2.05, 4.69) is 9.80 Å². The number of benzene rings is 1. The van der Waals surface area contributed by atoms with E-state index in [9.17, 15) is 15.2 Å². The molecule has 24 heavy (non-hydrogen) atoms. The molecule has 3 fully saturated rings. The highest BCUT2D eigenvalue weighted by atomic mass is 16.6. The summed E-state index contributed by atoms with van der Waals surface area (Å²) in [6.07, 6.45) is 5.57. The zero-order valence-corrected chi connectivity index (χ0v) is 13.9. The Morgan fingerprint density at radius 1 is 1.17 bits per heavy atom. The number of rotatable bonds is 4. The molecular weight excluding hydrogens is 306 g/mol. The minimum Gasteiger partial charge on any atom is -0.392 e. The molecule has 3 atom stereocenters. The number of hydrogen-bond acceptors (Lipinski definition) is 5. The molecule has 3 aliphatic rings. The molecule has 1 heterocycles. The second-order valence-electron chi connectivity index (χ2n) is 7.50. The van der Waals surface area contributed by atoms with Crippen molar-refractivity contribution in [3.05, 3.63) is 33.9 Å². The third-order valence-corrected chi connectivity index (χ3v) is 6.24. The number of fused-ring (bicyclic) bond motifs is 2. The standard InChI is InChI=1S/C18H25N3O3/c22-12-14-2-4-16(21(23)24)18(11-14)20-7-5-19(6-8-20)17-10-13-1-3-15(17)9-13/h2,4,11,13,15,17,22H,1,3,5-10,12H2. The van der Waals surface area contributed by atoms with Crippen LogP contribution in [-0.2, 0) is 6.61 Å². The first-order valence-electron chi connectivity index (χ1n) is 9.03. The maximum atomic E-state index is 11.3. The Hall–Kier alpha value is -1.66. The first-order chi connectivity index (χ1) is 11.7. The predicted molar refractivity (Wildman–Crippen MR) is 92.0 cm³/mol. The SMILES string of the molecule is O=[N+]([O-])c1ccc(CO)cc1N1CCN(C2CC3CCC2C3)CC1. The van der Waals surface area contributed by atoms with Crippen molar-refractivity contribution in [1.29, 1.82) is 0 Å². The van der Waals surface area contributed by atoms with E-state index in [1.54, 1.807) is 12.1 Å². The number of piperazine rings is 1. The van der Waals surface area contributed by atoms with E-state index in [1.807, 2.05) is 0 Å². The smallest absolute Gasteiger partial charge is 0.292 e. The first-order valence-corrected chi connectivity index (χ1v) is 9.03. The molecule has 3 unspecified atom stereocenters. The fraction of sp³-hybridized carbons (Fsp3) is 0.667. The van der Waals surface area contributed by atoms with Gasteiger partial charge in [-0.05, 0) is 48.8 Å². The number of nitro benzene ring substituents is 1. The van der Waals surface area contributed by atoms with Crippen molar-refractivity contribution in [2.75, 3.05) is 31.1 Å². The van der Waals surface area contributed by atoms with E-state index < -0.39 is 0 Å². The third kappa shape index (κ3) is 2.78. The average Bonchev–Trinajstić information content (AvgIpc) is 3.24. The molecule has 0 spiro atoms. The molecule has 2 aliphatic carbocycles. The molecule has 2 bridgehead atoms. The van der Waals surface area contributed by atoms with Crippen LogP contribution in [0.15, 0.2) is 18.2 Å². The van der Waals surface area contributed by atoms with E-state index in [0.29, 0.717) is 5.69 Å². The minimum absolute atomic E-state index is 0.0872. The zero-order valence-electron chi connectivity index (χ0n) is 13.9. The summed E-state index contributed by atoms with van der Waals surface area (Å²) >= 11 is 0. The Kier molecular flexibility index (Phi) is 4.18. The van der Waals surface area contributed by atoms with Crippen LogP contribution >= 0.6 is 0 Å². The molecule has 6 nitrogen and oxygen atoms in total. The van der Waals surface area contributed by atoms with Gasteiger partial charge in [0.25, 0.3) is 5.69 Å². The van der Waals surface area contributed by atoms with Crippen LogP contribution in [0.2, 0.25) is 0 Å². The van der Waals surface area contributed by atoms with Crippen LogP contribution in [-0.4, -0.2) is 47.2 Å². The quantitative estimate of drug-likeness (QED) is 0.678. The molecule has 4 rings (SSSR count). The second kappa shape index (κ2) is 6.33. The van der Waals surface area contributed by atoms with E-state index in [0.717, 1.165) is 49.6 Å². The number of aliphatic hydroxyl groups excluding tert-OH is 1. The molecule has 1 aromatic rings. The van der Waals surface area contributed by atoms with Crippen LogP contribution in [0.1, 0.15) is 31.2 Å². The lowest BCUT2D eigenvalue weighted by Gasteiger charge is -2.41. The summed E-state index contributed by atoms with van der Waals surface area (Å²) in [7, 11) is 0. The number of nitro groups is 1. The Labute approximate surface area is 142 Å². The van der Waals surface area contributed by atoms with Crippen molar-refractivity contribution < 1.29 is 10.0 Å². The Morgan fingerprint density at radius 3 is 2.54 bits per heavy atom. The topological polar surface area (TPSA) is 69.8 Å². The molecule has 130 valence electrons. The monoisotopic (exact) mass is 331 g/mol. The maximum absolute atomic E-state index is 11.3. The summed E-state index contributed by atoms with van der Waals surface area (Å²) in [6.45, 7) is 3.52. The van der Waals surface area contributed by atoms with Crippen molar-refractivity contribution in [3.8, 4) is 0 Å². The summed E-state index contributed by atoms with van der Waals surface area (Å²) in [4.78, 5) is 15.7. The third-order valence-electron chi connectivity index (χ3n) is 6.24. The fourth-order valence-electron chi connectivity index (χ4n) is 5.03. The fourth-order valence-corrected chi connectivity index (χ4v) is 5.03. The number of aliphatic hydroxyl groups is 1. The summed E-state index contributed by atoms with van der Waals surface area (Å²) in [5.41, 5.74) is 1.52. The minimum atomic E-state index is -0.321. The van der Waals surface area contributed by atoms with Crippen LogP contribution in [0.4, 0.5) is 11.4 Å². The molecule has 6 heteroatoms. The summed E-state index contributed by atoms with van der Waals surface area (Å²) < 4.78 is 0. The lowest BCUT2D eigenvalue weighted by Crippen LogP contribution is -2.51. The summed E-state index contributed by atoms with van der Waals surface area (Å²) in [5.74, 6) is 1.83. The van der Waals surface area contributed by atoms with Crippen LogP contribution in [0.5, 0.6) is 0 Å². The van der Waals surface area contributed by atoms with Gasteiger partial charge < -0.3 is 10.0 Å². The van der Waals surface area contributed by atoms with Crippen molar-refractivity contribution in [3.63, 3.8) is 0 Å². The van der Waals surface area contributed by atoms with Gasteiger partial charge in [0, 0.05) is 38.3 Å². The Balaban J connectivity index is 1.46. The van der Waals surface area contributed by atoms with Gasteiger partial charge in [-0.25, -0.2) is 0 Å². The van der Waals surface area contributed by atoms with E-state index in [4.69, 9.17) is 0 Å². The van der Waals surface area contributed by atoms with Gasteiger partial charge in [0.05, 0.1) is 11.5 Å². The molecule has 1 N–H and O–H groups in total.